The lowest BCUT2D eigenvalue weighted by Crippen LogP contribution is -2.30. The molecular formula is C9H12F2N2O. The molecular weight excluding hydrogens is 190 g/mol. The molecule has 0 bridgehead atoms. The predicted molar refractivity (Wildman–Crippen MR) is 50.3 cm³/mol. The van der Waals surface area contributed by atoms with Crippen LogP contribution in [0.5, 0.6) is 5.75 Å². The fourth-order valence-electron chi connectivity index (χ4n) is 1.02. The number of anilines is 1. The third kappa shape index (κ3) is 2.85. The Kier molecular flexibility index (Phi) is 3.64. The molecule has 0 radical (unpaired) electrons. The Hall–Kier alpha value is -1.36. The van der Waals surface area contributed by atoms with E-state index in [4.69, 9.17) is 5.84 Å². The van der Waals surface area contributed by atoms with Gasteiger partial charge in [0.1, 0.15) is 5.75 Å². The van der Waals surface area contributed by atoms with Crippen LogP contribution in [0.2, 0.25) is 0 Å². The van der Waals surface area contributed by atoms with Gasteiger partial charge < -0.3 is 9.75 Å². The minimum Gasteiger partial charge on any atom is -0.435 e. The van der Waals surface area contributed by atoms with E-state index in [1.807, 2.05) is 6.92 Å². The van der Waals surface area contributed by atoms with Crippen molar-refractivity contribution in [3.63, 3.8) is 0 Å². The summed E-state index contributed by atoms with van der Waals surface area (Å²) < 4.78 is 28.0. The van der Waals surface area contributed by atoms with E-state index >= 15 is 0 Å². The van der Waals surface area contributed by atoms with Gasteiger partial charge >= 0.3 is 6.61 Å². The number of alkyl halides is 2. The molecule has 0 aliphatic rings. The average Bonchev–Trinajstić information content (AvgIpc) is 2.16. The maximum Gasteiger partial charge on any atom is 0.387 e. The smallest absolute Gasteiger partial charge is 0.387 e. The van der Waals surface area contributed by atoms with Crippen molar-refractivity contribution in [3.8, 4) is 5.75 Å². The van der Waals surface area contributed by atoms with Crippen LogP contribution in [-0.4, -0.2) is 13.2 Å². The molecule has 0 unspecified atom stereocenters. The van der Waals surface area contributed by atoms with E-state index in [0.29, 0.717) is 12.2 Å². The molecule has 0 amide bonds. The number of ether oxygens (including phenoxy) is 1. The molecule has 0 aromatic heterocycles. The van der Waals surface area contributed by atoms with E-state index in [-0.39, 0.29) is 5.75 Å². The number of hydrogen-bond acceptors (Lipinski definition) is 3. The molecule has 0 atom stereocenters. The van der Waals surface area contributed by atoms with Gasteiger partial charge in [-0.05, 0) is 19.1 Å². The average molecular weight is 202 g/mol. The third-order valence-corrected chi connectivity index (χ3v) is 1.72. The lowest BCUT2D eigenvalue weighted by atomic mass is 10.3. The molecule has 1 aromatic rings. The summed E-state index contributed by atoms with van der Waals surface area (Å²) in [5.74, 6) is 5.70. The van der Waals surface area contributed by atoms with Crippen molar-refractivity contribution in [2.75, 3.05) is 11.6 Å². The lowest BCUT2D eigenvalue weighted by molar-refractivity contribution is -0.0498. The van der Waals surface area contributed by atoms with Crippen molar-refractivity contribution in [2.24, 2.45) is 5.84 Å². The Morgan fingerprint density at radius 1 is 1.50 bits per heavy atom. The first-order valence-electron chi connectivity index (χ1n) is 4.20. The number of rotatable bonds is 4. The van der Waals surface area contributed by atoms with Crippen LogP contribution in [-0.2, 0) is 0 Å². The molecule has 1 rings (SSSR count). The summed E-state index contributed by atoms with van der Waals surface area (Å²) in [5.41, 5.74) is 0.644. The van der Waals surface area contributed by atoms with Crippen molar-refractivity contribution in [1.82, 2.24) is 0 Å². The summed E-state index contributed by atoms with van der Waals surface area (Å²) in [6.45, 7) is -0.350. The molecule has 14 heavy (non-hydrogen) atoms. The van der Waals surface area contributed by atoms with E-state index in [2.05, 4.69) is 4.74 Å². The van der Waals surface area contributed by atoms with Crippen LogP contribution < -0.4 is 15.6 Å². The molecule has 0 fully saturated rings. The SMILES string of the molecule is CCN(N)c1cccc(OC(F)F)c1. The molecule has 78 valence electrons. The molecule has 0 aliphatic heterocycles. The topological polar surface area (TPSA) is 38.5 Å². The molecule has 0 saturated heterocycles. The van der Waals surface area contributed by atoms with Gasteiger partial charge in [-0.1, -0.05) is 6.07 Å². The third-order valence-electron chi connectivity index (χ3n) is 1.72. The Balaban J connectivity index is 2.78. The highest BCUT2D eigenvalue weighted by Crippen LogP contribution is 2.20. The van der Waals surface area contributed by atoms with Gasteiger partial charge in [0.15, 0.2) is 0 Å². The zero-order chi connectivity index (χ0) is 10.6. The van der Waals surface area contributed by atoms with Gasteiger partial charge in [0.05, 0.1) is 5.69 Å². The standard InChI is InChI=1S/C9H12F2N2O/c1-2-13(12)7-4-3-5-8(6-7)14-9(10)11/h3-6,9H,2,12H2,1H3. The lowest BCUT2D eigenvalue weighted by Gasteiger charge is -2.16. The van der Waals surface area contributed by atoms with Crippen molar-refractivity contribution in [3.05, 3.63) is 24.3 Å². The number of hydrazine groups is 1. The van der Waals surface area contributed by atoms with Crippen molar-refractivity contribution in [2.45, 2.75) is 13.5 Å². The number of benzene rings is 1. The summed E-state index contributed by atoms with van der Waals surface area (Å²) in [7, 11) is 0. The second kappa shape index (κ2) is 4.76. The van der Waals surface area contributed by atoms with Gasteiger partial charge in [0, 0.05) is 12.6 Å². The van der Waals surface area contributed by atoms with Crippen molar-refractivity contribution < 1.29 is 13.5 Å². The van der Waals surface area contributed by atoms with Crippen LogP contribution in [0.3, 0.4) is 0 Å². The van der Waals surface area contributed by atoms with Crippen LogP contribution >= 0.6 is 0 Å². The van der Waals surface area contributed by atoms with E-state index in [9.17, 15) is 8.78 Å². The molecule has 3 nitrogen and oxygen atoms in total. The maximum atomic E-state index is 11.9. The van der Waals surface area contributed by atoms with Crippen LogP contribution in [0.4, 0.5) is 14.5 Å². The van der Waals surface area contributed by atoms with Crippen molar-refractivity contribution in [1.29, 1.82) is 0 Å². The van der Waals surface area contributed by atoms with Gasteiger partial charge in [-0.3, -0.25) is 0 Å². The number of hydrogen-bond donors (Lipinski definition) is 1. The molecule has 1 aromatic carbocycles. The minimum absolute atomic E-state index is 0.112. The highest BCUT2D eigenvalue weighted by Gasteiger charge is 2.05. The summed E-state index contributed by atoms with van der Waals surface area (Å²) in [6, 6.07) is 6.26. The van der Waals surface area contributed by atoms with Gasteiger partial charge in [-0.2, -0.15) is 8.78 Å². The highest BCUT2D eigenvalue weighted by atomic mass is 19.3. The second-order valence-electron chi connectivity index (χ2n) is 2.66. The Morgan fingerprint density at radius 3 is 2.79 bits per heavy atom. The first-order valence-corrected chi connectivity index (χ1v) is 4.20. The molecule has 0 aliphatic carbocycles. The summed E-state index contributed by atoms with van der Waals surface area (Å²) in [6.07, 6.45) is 0. The van der Waals surface area contributed by atoms with Crippen LogP contribution in [0.1, 0.15) is 6.92 Å². The quantitative estimate of drug-likeness (QED) is 0.599. The van der Waals surface area contributed by atoms with Gasteiger partial charge in [-0.25, -0.2) is 5.84 Å². The molecule has 0 heterocycles. The number of nitrogens with zero attached hydrogens (tertiary/aromatic N) is 1. The first kappa shape index (κ1) is 10.7. The van der Waals surface area contributed by atoms with Crippen LogP contribution in [0, 0.1) is 0 Å². The highest BCUT2D eigenvalue weighted by molar-refractivity contribution is 5.49. The zero-order valence-electron chi connectivity index (χ0n) is 7.78. The molecule has 5 heteroatoms. The Bertz CT molecular complexity index is 294. The van der Waals surface area contributed by atoms with Crippen molar-refractivity contribution >= 4 is 5.69 Å². The van der Waals surface area contributed by atoms with Gasteiger partial charge in [0.2, 0.25) is 0 Å². The Labute approximate surface area is 81.0 Å². The molecule has 0 saturated carbocycles. The minimum atomic E-state index is -2.81. The fraction of sp³-hybridized carbons (Fsp3) is 0.333. The maximum absolute atomic E-state index is 11.9. The largest absolute Gasteiger partial charge is 0.435 e. The van der Waals surface area contributed by atoms with Crippen LogP contribution in [0.15, 0.2) is 24.3 Å². The van der Waals surface area contributed by atoms with Crippen LogP contribution in [0.25, 0.3) is 0 Å². The normalized spacial score (nSPS) is 10.4. The van der Waals surface area contributed by atoms with Gasteiger partial charge in [0.25, 0.3) is 0 Å². The summed E-state index contributed by atoms with van der Waals surface area (Å²) in [4.78, 5) is 0. The number of nitrogens with two attached hydrogens (primary N) is 1. The number of halogens is 2. The predicted octanol–water partition coefficient (Wildman–Crippen LogP) is 1.99. The first-order chi connectivity index (χ1) is 6.63. The fourth-order valence-corrected chi connectivity index (χ4v) is 1.02. The van der Waals surface area contributed by atoms with Gasteiger partial charge in [-0.15, -0.1) is 0 Å². The molecule has 2 N–H and O–H groups in total. The van der Waals surface area contributed by atoms with E-state index < -0.39 is 6.61 Å². The monoisotopic (exact) mass is 202 g/mol. The van der Waals surface area contributed by atoms with E-state index in [1.165, 1.54) is 17.1 Å². The zero-order valence-corrected chi connectivity index (χ0v) is 7.78. The second-order valence-corrected chi connectivity index (χ2v) is 2.66. The summed E-state index contributed by atoms with van der Waals surface area (Å²) >= 11 is 0. The summed E-state index contributed by atoms with van der Waals surface area (Å²) in [5, 5.41) is 1.44. The van der Waals surface area contributed by atoms with E-state index in [1.54, 1.807) is 12.1 Å². The molecule has 0 spiro atoms. The van der Waals surface area contributed by atoms with E-state index in [0.717, 1.165) is 0 Å². The Morgan fingerprint density at radius 2 is 2.21 bits per heavy atom.